The third-order valence-electron chi connectivity index (χ3n) is 4.90. The first-order valence-electron chi connectivity index (χ1n) is 8.67. The largest absolute Gasteiger partial charge is 0.435 e. The van der Waals surface area contributed by atoms with Crippen LogP contribution >= 0.6 is 0 Å². The number of carbonyl (C=O) groups is 1. The fraction of sp³-hybridized carbons (Fsp3) is 0.444. The van der Waals surface area contributed by atoms with Gasteiger partial charge in [0.25, 0.3) is 0 Å². The SMILES string of the molecule is O=C1CCCN1Cc1ccc(-n2nc(C(F)(F)F)c3c2CCOC3)cc1F. The smallest absolute Gasteiger partial charge is 0.376 e. The zero-order chi connectivity index (χ0) is 19.2. The van der Waals surface area contributed by atoms with Crippen LogP contribution in [0, 0.1) is 5.82 Å². The van der Waals surface area contributed by atoms with Crippen LogP contribution in [0.3, 0.4) is 0 Å². The van der Waals surface area contributed by atoms with Crippen LogP contribution in [0.25, 0.3) is 5.69 Å². The van der Waals surface area contributed by atoms with Crippen LogP contribution in [-0.2, 0) is 35.3 Å². The first kappa shape index (κ1) is 18.0. The second-order valence-corrected chi connectivity index (χ2v) is 6.68. The molecule has 1 aromatic carbocycles. The summed E-state index contributed by atoms with van der Waals surface area (Å²) in [5.74, 6) is -0.591. The number of fused-ring (bicyclic) bond motifs is 1. The van der Waals surface area contributed by atoms with Crippen LogP contribution in [0.4, 0.5) is 17.6 Å². The first-order chi connectivity index (χ1) is 12.8. The van der Waals surface area contributed by atoms with E-state index in [2.05, 4.69) is 5.10 Å². The third-order valence-corrected chi connectivity index (χ3v) is 4.90. The first-order valence-corrected chi connectivity index (χ1v) is 8.67. The molecule has 1 amide bonds. The lowest BCUT2D eigenvalue weighted by Gasteiger charge is -2.17. The van der Waals surface area contributed by atoms with Gasteiger partial charge in [0, 0.05) is 37.1 Å². The van der Waals surface area contributed by atoms with Crippen molar-refractivity contribution in [1.82, 2.24) is 14.7 Å². The van der Waals surface area contributed by atoms with Gasteiger partial charge in [-0.15, -0.1) is 0 Å². The van der Waals surface area contributed by atoms with Crippen LogP contribution in [0.2, 0.25) is 0 Å². The van der Waals surface area contributed by atoms with Gasteiger partial charge in [0.1, 0.15) is 5.82 Å². The van der Waals surface area contributed by atoms with Gasteiger partial charge in [0.2, 0.25) is 5.91 Å². The van der Waals surface area contributed by atoms with Gasteiger partial charge in [-0.25, -0.2) is 9.07 Å². The quantitative estimate of drug-likeness (QED) is 0.765. The number of benzene rings is 1. The highest BCUT2D eigenvalue weighted by Gasteiger charge is 2.40. The van der Waals surface area contributed by atoms with Crippen LogP contribution in [-0.4, -0.2) is 33.7 Å². The Morgan fingerprint density at radius 3 is 2.70 bits per heavy atom. The molecule has 2 aromatic rings. The molecule has 5 nitrogen and oxygen atoms in total. The van der Waals surface area contributed by atoms with E-state index in [9.17, 15) is 22.4 Å². The van der Waals surface area contributed by atoms with E-state index in [1.165, 1.54) is 18.2 Å². The Labute approximate surface area is 152 Å². The zero-order valence-electron chi connectivity index (χ0n) is 14.4. The number of ether oxygens (including phenoxy) is 1. The topological polar surface area (TPSA) is 47.4 Å². The number of nitrogens with zero attached hydrogens (tertiary/aromatic N) is 3. The summed E-state index contributed by atoms with van der Waals surface area (Å²) in [4.78, 5) is 13.3. The Hall–Kier alpha value is -2.42. The van der Waals surface area contributed by atoms with E-state index >= 15 is 0 Å². The number of rotatable bonds is 3. The molecule has 2 aliphatic heterocycles. The molecule has 144 valence electrons. The molecule has 0 saturated carbocycles. The van der Waals surface area contributed by atoms with Gasteiger partial charge >= 0.3 is 6.18 Å². The number of amides is 1. The van der Waals surface area contributed by atoms with E-state index in [1.807, 2.05) is 0 Å². The lowest BCUT2D eigenvalue weighted by Crippen LogP contribution is -2.24. The molecule has 2 aliphatic rings. The Morgan fingerprint density at radius 2 is 2.04 bits per heavy atom. The van der Waals surface area contributed by atoms with E-state index in [0.29, 0.717) is 24.2 Å². The summed E-state index contributed by atoms with van der Waals surface area (Å²) in [5.41, 5.74) is -0.0623. The Morgan fingerprint density at radius 1 is 1.22 bits per heavy atom. The zero-order valence-corrected chi connectivity index (χ0v) is 14.4. The molecule has 1 saturated heterocycles. The fourth-order valence-corrected chi connectivity index (χ4v) is 3.55. The lowest BCUT2D eigenvalue weighted by atomic mass is 10.1. The second-order valence-electron chi connectivity index (χ2n) is 6.68. The predicted molar refractivity (Wildman–Crippen MR) is 86.5 cm³/mol. The minimum atomic E-state index is -4.61. The highest BCUT2D eigenvalue weighted by Crippen LogP contribution is 2.35. The van der Waals surface area contributed by atoms with Gasteiger partial charge < -0.3 is 9.64 Å². The van der Waals surface area contributed by atoms with Crippen molar-refractivity contribution in [2.75, 3.05) is 13.2 Å². The molecule has 3 heterocycles. The highest BCUT2D eigenvalue weighted by atomic mass is 19.4. The number of alkyl halides is 3. The number of halogens is 4. The van der Waals surface area contributed by atoms with Crippen LogP contribution < -0.4 is 0 Å². The molecular formula is C18H17F4N3O2. The summed E-state index contributed by atoms with van der Waals surface area (Å²) in [5, 5.41) is 3.70. The van der Waals surface area contributed by atoms with Gasteiger partial charge in [0.15, 0.2) is 5.69 Å². The molecule has 4 rings (SSSR count). The Kier molecular flexibility index (Phi) is 4.41. The molecule has 0 unspecified atom stereocenters. The van der Waals surface area contributed by atoms with Gasteiger partial charge in [-0.2, -0.15) is 18.3 Å². The van der Waals surface area contributed by atoms with E-state index in [4.69, 9.17) is 4.74 Å². The fourth-order valence-electron chi connectivity index (χ4n) is 3.55. The van der Waals surface area contributed by atoms with Crippen LogP contribution in [0.15, 0.2) is 18.2 Å². The van der Waals surface area contributed by atoms with Crippen molar-refractivity contribution in [3.8, 4) is 5.69 Å². The maximum Gasteiger partial charge on any atom is 0.435 e. The van der Waals surface area contributed by atoms with Crippen molar-refractivity contribution >= 4 is 5.91 Å². The third kappa shape index (κ3) is 3.31. The van der Waals surface area contributed by atoms with E-state index in [0.717, 1.165) is 11.1 Å². The summed E-state index contributed by atoms with van der Waals surface area (Å²) in [6.45, 7) is 0.862. The average molecular weight is 383 g/mol. The number of likely N-dealkylation sites (tertiary alicyclic amines) is 1. The monoisotopic (exact) mass is 383 g/mol. The molecule has 1 aromatic heterocycles. The summed E-state index contributed by atoms with van der Waals surface area (Å²) in [7, 11) is 0. The maximum atomic E-state index is 14.6. The van der Waals surface area contributed by atoms with Crippen molar-refractivity contribution in [3.05, 3.63) is 46.5 Å². The molecule has 0 radical (unpaired) electrons. The van der Waals surface area contributed by atoms with Gasteiger partial charge in [-0.1, -0.05) is 6.07 Å². The molecular weight excluding hydrogens is 366 g/mol. The number of hydrogen-bond acceptors (Lipinski definition) is 3. The van der Waals surface area contributed by atoms with Gasteiger partial charge in [0.05, 0.1) is 24.6 Å². The van der Waals surface area contributed by atoms with Crippen molar-refractivity contribution in [3.63, 3.8) is 0 Å². The minimum Gasteiger partial charge on any atom is -0.376 e. The van der Waals surface area contributed by atoms with Crippen molar-refractivity contribution in [2.45, 2.75) is 38.6 Å². The molecule has 27 heavy (non-hydrogen) atoms. The number of hydrogen-bond donors (Lipinski definition) is 0. The molecule has 0 atom stereocenters. The summed E-state index contributed by atoms with van der Waals surface area (Å²) < 4.78 is 60.7. The molecule has 0 N–H and O–H groups in total. The van der Waals surface area contributed by atoms with Gasteiger partial charge in [-0.3, -0.25) is 4.79 Å². The predicted octanol–water partition coefficient (Wildman–Crippen LogP) is 3.23. The standard InChI is InChI=1S/C18H17F4N3O2/c19-14-8-12(4-3-11(14)9-24-6-1-2-16(24)26)25-15-5-7-27-10-13(15)17(23-25)18(20,21)22/h3-4,8H,1-2,5-7,9-10H2. The van der Waals surface area contributed by atoms with E-state index in [1.54, 1.807) is 4.90 Å². The lowest BCUT2D eigenvalue weighted by molar-refractivity contribution is -0.142. The summed E-state index contributed by atoms with van der Waals surface area (Å²) >= 11 is 0. The van der Waals surface area contributed by atoms with Crippen molar-refractivity contribution in [1.29, 1.82) is 0 Å². The van der Waals surface area contributed by atoms with Crippen molar-refractivity contribution in [2.24, 2.45) is 0 Å². The minimum absolute atomic E-state index is 0.000832. The van der Waals surface area contributed by atoms with E-state index in [-0.39, 0.29) is 43.3 Å². The molecule has 1 fully saturated rings. The maximum absolute atomic E-state index is 14.6. The molecule has 9 heteroatoms. The number of carbonyl (C=O) groups excluding carboxylic acids is 1. The molecule has 0 bridgehead atoms. The second kappa shape index (κ2) is 6.63. The van der Waals surface area contributed by atoms with Crippen LogP contribution in [0.1, 0.15) is 35.4 Å². The highest BCUT2D eigenvalue weighted by molar-refractivity contribution is 5.78. The Balaban J connectivity index is 1.69. The van der Waals surface area contributed by atoms with Crippen LogP contribution in [0.5, 0.6) is 0 Å². The van der Waals surface area contributed by atoms with Gasteiger partial charge in [-0.05, 0) is 18.6 Å². The van der Waals surface area contributed by atoms with Crippen molar-refractivity contribution < 1.29 is 27.1 Å². The summed E-state index contributed by atoms with van der Waals surface area (Å²) in [6.07, 6.45) is -3.13. The normalized spacial score (nSPS) is 17.5. The molecule has 0 spiro atoms. The molecule has 0 aliphatic carbocycles. The average Bonchev–Trinajstić information content (AvgIpc) is 3.20. The summed E-state index contributed by atoms with van der Waals surface area (Å²) in [6, 6.07) is 4.19. The van der Waals surface area contributed by atoms with E-state index < -0.39 is 17.7 Å². The Bertz CT molecular complexity index is 891. The number of aromatic nitrogens is 2.